The van der Waals surface area contributed by atoms with Crippen molar-refractivity contribution in [3.63, 3.8) is 0 Å². The van der Waals surface area contributed by atoms with E-state index >= 15 is 0 Å². The van der Waals surface area contributed by atoms with E-state index in [4.69, 9.17) is 10.8 Å². The van der Waals surface area contributed by atoms with E-state index in [1.54, 1.807) is 0 Å². The average molecular weight is 149 g/mol. The monoisotopic (exact) mass is 149 g/mol. The zero-order valence-electron chi connectivity index (χ0n) is 6.57. The SMILES string of the molecule is C=C1CN=C1C(=N)C(=N)CC. The summed E-state index contributed by atoms with van der Waals surface area (Å²) in [7, 11) is 0. The largest absolute Gasteiger partial charge is 0.303 e. The minimum atomic E-state index is 0.240. The minimum Gasteiger partial charge on any atom is -0.303 e. The molecule has 3 nitrogen and oxygen atoms in total. The molecule has 0 aromatic heterocycles. The van der Waals surface area contributed by atoms with Crippen molar-refractivity contribution in [2.45, 2.75) is 13.3 Å². The van der Waals surface area contributed by atoms with Crippen LogP contribution in [0, 0.1) is 10.8 Å². The molecule has 0 radical (unpaired) electrons. The highest BCUT2D eigenvalue weighted by atomic mass is 14.8. The minimum absolute atomic E-state index is 0.240. The Labute approximate surface area is 65.9 Å². The Morgan fingerprint density at radius 2 is 2.27 bits per heavy atom. The first-order valence-electron chi connectivity index (χ1n) is 3.56. The molecular weight excluding hydrogens is 138 g/mol. The predicted octanol–water partition coefficient (Wildman–Crippen LogP) is 1.45. The number of nitrogens with one attached hydrogen (secondary N) is 2. The zero-order chi connectivity index (χ0) is 8.43. The molecule has 0 amide bonds. The molecule has 58 valence electrons. The molecule has 0 fully saturated rings. The van der Waals surface area contributed by atoms with Crippen molar-refractivity contribution < 1.29 is 0 Å². The summed E-state index contributed by atoms with van der Waals surface area (Å²) >= 11 is 0. The summed E-state index contributed by atoms with van der Waals surface area (Å²) in [6, 6.07) is 0. The van der Waals surface area contributed by atoms with Gasteiger partial charge in [-0.25, -0.2) is 0 Å². The second kappa shape index (κ2) is 2.78. The normalized spacial score (nSPS) is 15.4. The van der Waals surface area contributed by atoms with E-state index < -0.39 is 0 Å². The van der Waals surface area contributed by atoms with Crippen molar-refractivity contribution in [2.24, 2.45) is 4.99 Å². The number of aliphatic imine (C=N–C) groups is 1. The summed E-state index contributed by atoms with van der Waals surface area (Å²) in [4.78, 5) is 3.97. The van der Waals surface area contributed by atoms with Gasteiger partial charge in [-0.1, -0.05) is 13.5 Å². The molecule has 1 heterocycles. The zero-order valence-corrected chi connectivity index (χ0v) is 6.57. The molecule has 0 aromatic rings. The van der Waals surface area contributed by atoms with Gasteiger partial charge in [-0.3, -0.25) is 10.4 Å². The molecule has 0 saturated heterocycles. The summed E-state index contributed by atoms with van der Waals surface area (Å²) in [5, 5.41) is 14.8. The van der Waals surface area contributed by atoms with Gasteiger partial charge in [-0.2, -0.15) is 0 Å². The van der Waals surface area contributed by atoms with Crippen molar-refractivity contribution in [3.05, 3.63) is 12.2 Å². The maximum atomic E-state index is 7.47. The third-order valence-electron chi connectivity index (χ3n) is 1.66. The molecular formula is C8H11N3. The van der Waals surface area contributed by atoms with Crippen molar-refractivity contribution >= 4 is 17.1 Å². The first kappa shape index (κ1) is 7.85. The summed E-state index contributed by atoms with van der Waals surface area (Å²) in [5.41, 5.74) is 2.08. The molecule has 1 rings (SSSR count). The number of hydrogen-bond acceptors (Lipinski definition) is 3. The lowest BCUT2D eigenvalue weighted by Crippen LogP contribution is -2.30. The molecule has 3 heteroatoms. The van der Waals surface area contributed by atoms with E-state index in [1.807, 2.05) is 6.92 Å². The summed E-state index contributed by atoms with van der Waals surface area (Å²) in [6.45, 7) is 6.20. The van der Waals surface area contributed by atoms with Gasteiger partial charge >= 0.3 is 0 Å². The second-order valence-corrected chi connectivity index (χ2v) is 2.48. The summed E-state index contributed by atoms with van der Waals surface area (Å²) in [5.74, 6) is 0. The van der Waals surface area contributed by atoms with E-state index in [2.05, 4.69) is 11.6 Å². The highest BCUT2D eigenvalue weighted by Crippen LogP contribution is 2.09. The molecule has 1 aliphatic rings. The summed E-state index contributed by atoms with van der Waals surface area (Å²) < 4.78 is 0. The molecule has 0 bridgehead atoms. The maximum Gasteiger partial charge on any atom is 0.100 e. The first-order chi connectivity index (χ1) is 5.16. The van der Waals surface area contributed by atoms with Crippen molar-refractivity contribution in [1.82, 2.24) is 0 Å². The molecule has 0 spiro atoms. The van der Waals surface area contributed by atoms with E-state index in [9.17, 15) is 0 Å². The van der Waals surface area contributed by atoms with Crippen molar-refractivity contribution in [3.8, 4) is 0 Å². The number of rotatable bonds is 3. The van der Waals surface area contributed by atoms with Gasteiger partial charge in [0.1, 0.15) is 5.71 Å². The highest BCUT2D eigenvalue weighted by Gasteiger charge is 2.19. The van der Waals surface area contributed by atoms with Crippen LogP contribution in [-0.2, 0) is 0 Å². The van der Waals surface area contributed by atoms with Crippen LogP contribution in [0.15, 0.2) is 17.1 Å². The van der Waals surface area contributed by atoms with Gasteiger partial charge in [0.15, 0.2) is 0 Å². The van der Waals surface area contributed by atoms with E-state index in [0.717, 1.165) is 5.57 Å². The Bertz CT molecular complexity index is 261. The average Bonchev–Trinajstić information content (AvgIpc) is 2.00. The van der Waals surface area contributed by atoms with Crippen LogP contribution >= 0.6 is 0 Å². The molecule has 0 saturated carbocycles. The fraction of sp³-hybridized carbons (Fsp3) is 0.375. The van der Waals surface area contributed by atoms with Crippen LogP contribution in [0.4, 0.5) is 0 Å². The lowest BCUT2D eigenvalue weighted by molar-refractivity contribution is 1.13. The quantitative estimate of drug-likeness (QED) is 0.570. The van der Waals surface area contributed by atoms with E-state index in [-0.39, 0.29) is 5.71 Å². The van der Waals surface area contributed by atoms with Crippen LogP contribution in [0.1, 0.15) is 13.3 Å². The first-order valence-corrected chi connectivity index (χ1v) is 3.56. The molecule has 0 aliphatic carbocycles. The van der Waals surface area contributed by atoms with Crippen LogP contribution in [0.3, 0.4) is 0 Å². The smallest absolute Gasteiger partial charge is 0.100 e. The van der Waals surface area contributed by atoms with E-state index in [1.165, 1.54) is 0 Å². The molecule has 1 aliphatic heterocycles. The van der Waals surface area contributed by atoms with Crippen LogP contribution in [0.2, 0.25) is 0 Å². The predicted molar refractivity (Wildman–Crippen MR) is 47.2 cm³/mol. The van der Waals surface area contributed by atoms with Gasteiger partial charge in [0.2, 0.25) is 0 Å². The Morgan fingerprint density at radius 1 is 1.64 bits per heavy atom. The van der Waals surface area contributed by atoms with Crippen LogP contribution in [-0.4, -0.2) is 23.7 Å². The second-order valence-electron chi connectivity index (χ2n) is 2.48. The molecule has 11 heavy (non-hydrogen) atoms. The Balaban J connectivity index is 2.70. The molecule has 0 aromatic carbocycles. The van der Waals surface area contributed by atoms with E-state index in [0.29, 0.717) is 24.4 Å². The highest BCUT2D eigenvalue weighted by molar-refractivity contribution is 6.71. The third-order valence-corrected chi connectivity index (χ3v) is 1.66. The Hall–Kier alpha value is -1.25. The lowest BCUT2D eigenvalue weighted by atomic mass is 9.98. The topological polar surface area (TPSA) is 60.1 Å². The Morgan fingerprint density at radius 3 is 2.55 bits per heavy atom. The number of hydrogen-bond donors (Lipinski definition) is 2. The molecule has 0 unspecified atom stereocenters. The fourth-order valence-electron chi connectivity index (χ4n) is 0.845. The van der Waals surface area contributed by atoms with Crippen molar-refractivity contribution in [2.75, 3.05) is 6.54 Å². The van der Waals surface area contributed by atoms with Gasteiger partial charge in [-0.05, 0) is 12.0 Å². The fourth-order valence-corrected chi connectivity index (χ4v) is 0.845. The van der Waals surface area contributed by atoms with Crippen LogP contribution in [0.5, 0.6) is 0 Å². The van der Waals surface area contributed by atoms with Gasteiger partial charge in [0, 0.05) is 0 Å². The lowest BCUT2D eigenvalue weighted by Gasteiger charge is -2.16. The summed E-state index contributed by atoms with van der Waals surface area (Å²) in [6.07, 6.45) is 0.588. The third kappa shape index (κ3) is 1.27. The van der Waals surface area contributed by atoms with Crippen molar-refractivity contribution in [1.29, 1.82) is 10.8 Å². The van der Waals surface area contributed by atoms with Gasteiger partial charge < -0.3 is 5.41 Å². The number of nitrogens with zero attached hydrogens (tertiary/aromatic N) is 1. The standard InChI is InChI=1S/C8H11N3/c1-3-6(9)7(10)8-5(2)4-11-8/h9-10H,2-4H2,1H3. The van der Waals surface area contributed by atoms with Crippen LogP contribution < -0.4 is 0 Å². The van der Waals surface area contributed by atoms with Gasteiger partial charge in [-0.15, -0.1) is 0 Å². The van der Waals surface area contributed by atoms with Gasteiger partial charge in [0.05, 0.1) is 18.0 Å². The Kier molecular flexibility index (Phi) is 1.98. The molecule has 0 atom stereocenters. The maximum absolute atomic E-state index is 7.47. The van der Waals surface area contributed by atoms with Gasteiger partial charge in [0.25, 0.3) is 0 Å². The molecule has 2 N–H and O–H groups in total. The van der Waals surface area contributed by atoms with Crippen LogP contribution in [0.25, 0.3) is 0 Å².